The number of non-ortho nitro benzene ring substituents is 1. The minimum Gasteiger partial charge on any atom is -0.478 e. The van der Waals surface area contributed by atoms with Gasteiger partial charge < -0.3 is 5.11 Å². The Bertz CT molecular complexity index is 1190. The summed E-state index contributed by atoms with van der Waals surface area (Å²) in [5, 5.41) is 24.6. The molecule has 0 spiro atoms. The van der Waals surface area contributed by atoms with Crippen molar-refractivity contribution in [3.63, 3.8) is 0 Å². The predicted molar refractivity (Wildman–Crippen MR) is 111 cm³/mol. The lowest BCUT2D eigenvalue weighted by atomic mass is 10.2. The van der Waals surface area contributed by atoms with Gasteiger partial charge in [-0.2, -0.15) is 5.10 Å². The van der Waals surface area contributed by atoms with Gasteiger partial charge in [-0.3, -0.25) is 20.3 Å². The highest BCUT2D eigenvalue weighted by Crippen LogP contribution is 2.29. The number of nitrogens with zero attached hydrogens (tertiary/aromatic N) is 2. The van der Waals surface area contributed by atoms with Crippen LogP contribution in [0.15, 0.2) is 64.1 Å². The number of para-hydroxylation sites is 1. The van der Waals surface area contributed by atoms with Crippen LogP contribution in [0.1, 0.15) is 30.1 Å². The lowest BCUT2D eigenvalue weighted by Crippen LogP contribution is -2.17. The molecule has 3 rings (SSSR count). The summed E-state index contributed by atoms with van der Waals surface area (Å²) in [6, 6.07) is 8.75. The molecule has 10 nitrogen and oxygen atoms in total. The van der Waals surface area contributed by atoms with E-state index in [1.165, 1.54) is 30.3 Å². The van der Waals surface area contributed by atoms with Crippen molar-refractivity contribution in [2.75, 3.05) is 10.1 Å². The largest absolute Gasteiger partial charge is 0.478 e. The summed E-state index contributed by atoms with van der Waals surface area (Å²) >= 11 is 0. The smallest absolute Gasteiger partial charge is 0.337 e. The Labute approximate surface area is 172 Å². The van der Waals surface area contributed by atoms with Crippen LogP contribution in [0.2, 0.25) is 0 Å². The van der Waals surface area contributed by atoms with Crippen molar-refractivity contribution in [3.8, 4) is 0 Å². The number of anilines is 2. The Balaban J connectivity index is 2.02. The number of rotatable bonds is 7. The zero-order valence-corrected chi connectivity index (χ0v) is 16.6. The molecule has 0 amide bonds. The summed E-state index contributed by atoms with van der Waals surface area (Å²) < 4.78 is 28.2. The lowest BCUT2D eigenvalue weighted by molar-refractivity contribution is -0.385. The number of hydrogen-bond acceptors (Lipinski definition) is 7. The normalized spacial score (nSPS) is 15.0. The third-order valence-corrected chi connectivity index (χ3v) is 5.78. The highest BCUT2D eigenvalue weighted by molar-refractivity contribution is 7.93. The zero-order valence-electron chi connectivity index (χ0n) is 15.8. The van der Waals surface area contributed by atoms with Crippen LogP contribution in [-0.2, 0) is 10.0 Å². The quantitative estimate of drug-likeness (QED) is 0.448. The molecule has 2 aromatic rings. The highest BCUT2D eigenvalue weighted by atomic mass is 32.2. The van der Waals surface area contributed by atoms with Crippen molar-refractivity contribution < 1.29 is 23.2 Å². The van der Waals surface area contributed by atoms with Crippen LogP contribution < -0.4 is 10.1 Å². The molecule has 11 heteroatoms. The molecule has 1 aliphatic carbocycles. The number of carboxylic acids is 1. The first-order valence-electron chi connectivity index (χ1n) is 8.81. The van der Waals surface area contributed by atoms with Gasteiger partial charge in [-0.25, -0.2) is 13.2 Å². The minimum absolute atomic E-state index is 0.0198. The van der Waals surface area contributed by atoms with Crippen LogP contribution in [0.3, 0.4) is 0 Å². The number of carboxylic acid groups (broad SMARTS) is 1. The van der Waals surface area contributed by atoms with Gasteiger partial charge in [0.05, 0.1) is 27.6 Å². The van der Waals surface area contributed by atoms with E-state index in [9.17, 15) is 28.4 Å². The molecule has 0 unspecified atom stereocenters. The van der Waals surface area contributed by atoms with Crippen molar-refractivity contribution >= 4 is 38.8 Å². The summed E-state index contributed by atoms with van der Waals surface area (Å²) in [6.07, 6.45) is 3.41. The van der Waals surface area contributed by atoms with Crippen LogP contribution in [-0.4, -0.2) is 30.1 Å². The molecular formula is C19H18N4O6S. The van der Waals surface area contributed by atoms with Crippen molar-refractivity contribution in [2.45, 2.75) is 24.7 Å². The number of nitro benzene ring substituents is 1. The van der Waals surface area contributed by atoms with Gasteiger partial charge >= 0.3 is 5.97 Å². The van der Waals surface area contributed by atoms with Crippen molar-refractivity contribution in [1.29, 1.82) is 0 Å². The van der Waals surface area contributed by atoms with Gasteiger partial charge in [0.15, 0.2) is 0 Å². The molecule has 0 heterocycles. The monoisotopic (exact) mass is 430 g/mol. The fraction of sp³-hybridized carbons (Fsp3) is 0.158. The molecule has 0 aliphatic heterocycles. The maximum Gasteiger partial charge on any atom is 0.337 e. The van der Waals surface area contributed by atoms with Gasteiger partial charge in [-0.1, -0.05) is 17.7 Å². The van der Waals surface area contributed by atoms with Gasteiger partial charge in [0.2, 0.25) is 0 Å². The maximum atomic E-state index is 13.0. The summed E-state index contributed by atoms with van der Waals surface area (Å²) in [4.78, 5) is 21.4. The number of hydrogen-bond donors (Lipinski definition) is 3. The Hall–Kier alpha value is -3.73. The Kier molecular flexibility index (Phi) is 5.83. The summed E-state index contributed by atoms with van der Waals surface area (Å²) in [6.45, 7) is 1.95. The first kappa shape index (κ1) is 21.0. The SMILES string of the molecule is CC1=C/C(=N/Nc2ccc([N+](=O)[O-])cc2S(=O)(=O)Nc2ccccc2C(=O)O)CC1. The first-order chi connectivity index (χ1) is 14.2. The second kappa shape index (κ2) is 8.33. The molecule has 0 aromatic heterocycles. The van der Waals surface area contributed by atoms with E-state index in [-0.39, 0.29) is 16.9 Å². The van der Waals surface area contributed by atoms with Gasteiger partial charge in [-0.05, 0) is 44.0 Å². The van der Waals surface area contributed by atoms with Gasteiger partial charge in [0.25, 0.3) is 15.7 Å². The summed E-state index contributed by atoms with van der Waals surface area (Å²) in [7, 11) is -4.38. The molecule has 156 valence electrons. The van der Waals surface area contributed by atoms with Crippen molar-refractivity contribution in [3.05, 3.63) is 69.8 Å². The molecule has 0 saturated heterocycles. The van der Waals surface area contributed by atoms with Gasteiger partial charge in [-0.15, -0.1) is 0 Å². The predicted octanol–water partition coefficient (Wildman–Crippen LogP) is 3.60. The average Bonchev–Trinajstić information content (AvgIpc) is 3.11. The Morgan fingerprint density at radius 1 is 1.17 bits per heavy atom. The molecule has 0 radical (unpaired) electrons. The fourth-order valence-electron chi connectivity index (χ4n) is 2.87. The van der Waals surface area contributed by atoms with Crippen LogP contribution in [0.5, 0.6) is 0 Å². The topological polar surface area (TPSA) is 151 Å². The number of nitrogens with one attached hydrogen (secondary N) is 2. The van der Waals surface area contributed by atoms with E-state index in [1.54, 1.807) is 0 Å². The lowest BCUT2D eigenvalue weighted by Gasteiger charge is -2.13. The molecule has 0 fully saturated rings. The molecule has 0 bridgehead atoms. The van der Waals surface area contributed by atoms with Crippen LogP contribution in [0, 0.1) is 10.1 Å². The standard InChI is InChI=1S/C19H18N4O6S/c1-12-6-7-13(10-12)20-21-17-9-8-14(23(26)27)11-18(17)30(28,29)22-16-5-3-2-4-15(16)19(24)25/h2-5,8-11,21-22H,6-7H2,1H3,(H,24,25)/b20-13+. The van der Waals surface area contributed by atoms with E-state index in [2.05, 4.69) is 15.2 Å². The molecule has 3 N–H and O–H groups in total. The van der Waals surface area contributed by atoms with Crippen molar-refractivity contribution in [1.82, 2.24) is 0 Å². The second-order valence-corrected chi connectivity index (χ2v) is 8.25. The van der Waals surface area contributed by atoms with E-state index in [4.69, 9.17) is 0 Å². The Morgan fingerprint density at radius 3 is 2.53 bits per heavy atom. The van der Waals surface area contributed by atoms with E-state index in [0.29, 0.717) is 6.42 Å². The van der Waals surface area contributed by atoms with E-state index >= 15 is 0 Å². The molecule has 1 aliphatic rings. The van der Waals surface area contributed by atoms with Gasteiger partial charge in [0.1, 0.15) is 4.90 Å². The molecular weight excluding hydrogens is 412 g/mol. The number of carbonyl (C=O) groups is 1. The minimum atomic E-state index is -4.38. The molecule has 0 atom stereocenters. The average molecular weight is 430 g/mol. The molecule has 0 saturated carbocycles. The zero-order chi connectivity index (χ0) is 21.9. The molecule has 2 aromatic carbocycles. The van der Waals surface area contributed by atoms with E-state index < -0.39 is 31.5 Å². The third kappa shape index (κ3) is 4.63. The maximum absolute atomic E-state index is 13.0. The number of nitro groups is 1. The number of allylic oxidation sites excluding steroid dienone is 2. The van der Waals surface area contributed by atoms with Gasteiger partial charge in [0, 0.05) is 12.1 Å². The van der Waals surface area contributed by atoms with Crippen LogP contribution in [0.4, 0.5) is 17.1 Å². The third-order valence-electron chi connectivity index (χ3n) is 4.38. The summed E-state index contributed by atoms with van der Waals surface area (Å²) in [5.74, 6) is -1.32. The number of sulfonamides is 1. The Morgan fingerprint density at radius 2 is 1.90 bits per heavy atom. The highest BCUT2D eigenvalue weighted by Gasteiger charge is 2.24. The number of aromatic carboxylic acids is 1. The number of benzene rings is 2. The van der Waals surface area contributed by atoms with Crippen LogP contribution in [0.25, 0.3) is 0 Å². The van der Waals surface area contributed by atoms with E-state index in [1.807, 2.05) is 13.0 Å². The van der Waals surface area contributed by atoms with E-state index in [0.717, 1.165) is 29.8 Å². The fourth-order valence-corrected chi connectivity index (χ4v) is 4.13. The second-order valence-electron chi connectivity index (χ2n) is 6.60. The van der Waals surface area contributed by atoms with Crippen molar-refractivity contribution in [2.24, 2.45) is 5.10 Å². The van der Waals surface area contributed by atoms with Crippen LogP contribution >= 0.6 is 0 Å². The number of hydrazone groups is 1. The summed E-state index contributed by atoms with van der Waals surface area (Å²) in [5.41, 5.74) is 3.68. The first-order valence-corrected chi connectivity index (χ1v) is 10.3. The molecule has 30 heavy (non-hydrogen) atoms.